The summed E-state index contributed by atoms with van der Waals surface area (Å²) < 4.78 is 0. The van der Waals surface area contributed by atoms with E-state index in [1.807, 2.05) is 6.92 Å². The van der Waals surface area contributed by atoms with Gasteiger partial charge in [-0.1, -0.05) is 0 Å². The predicted octanol–water partition coefficient (Wildman–Crippen LogP) is -0.450. The minimum Gasteiger partial charge on any atom is -0.345 e. The lowest BCUT2D eigenvalue weighted by atomic mass is 10.1. The van der Waals surface area contributed by atoms with Gasteiger partial charge in [-0.2, -0.15) is 5.10 Å². The van der Waals surface area contributed by atoms with Crippen molar-refractivity contribution in [2.75, 3.05) is 20.6 Å². The second-order valence-corrected chi connectivity index (χ2v) is 4.71. The predicted molar refractivity (Wildman–Crippen MR) is 63.3 cm³/mol. The van der Waals surface area contributed by atoms with Gasteiger partial charge in [0.15, 0.2) is 5.82 Å². The van der Waals surface area contributed by atoms with Crippen LogP contribution in [0.2, 0.25) is 0 Å². The van der Waals surface area contributed by atoms with Crippen LogP contribution in [0.1, 0.15) is 18.1 Å². The zero-order valence-electron chi connectivity index (χ0n) is 10.8. The molecule has 1 aromatic heterocycles. The summed E-state index contributed by atoms with van der Waals surface area (Å²) in [5.74, 6) is 1.06. The zero-order chi connectivity index (χ0) is 13.3. The normalized spacial score (nSPS) is 19.4. The summed E-state index contributed by atoms with van der Waals surface area (Å²) >= 11 is 0. The maximum atomic E-state index is 12.1. The van der Waals surface area contributed by atoms with Crippen molar-refractivity contribution in [2.24, 2.45) is 5.92 Å². The second kappa shape index (κ2) is 4.75. The van der Waals surface area contributed by atoms with Crippen molar-refractivity contribution in [1.82, 2.24) is 25.0 Å². The Hall–Kier alpha value is -1.92. The molecule has 0 bridgehead atoms. The van der Waals surface area contributed by atoms with E-state index >= 15 is 0 Å². The van der Waals surface area contributed by atoms with Crippen LogP contribution < -0.4 is 0 Å². The average Bonchev–Trinajstić information content (AvgIpc) is 2.85. The Labute approximate surface area is 105 Å². The van der Waals surface area contributed by atoms with Gasteiger partial charge in [0.25, 0.3) is 0 Å². The molecule has 0 aromatic carbocycles. The van der Waals surface area contributed by atoms with Crippen molar-refractivity contribution >= 4 is 11.8 Å². The summed E-state index contributed by atoms with van der Waals surface area (Å²) in [7, 11) is 3.42. The van der Waals surface area contributed by atoms with Crippen molar-refractivity contribution in [3.8, 4) is 0 Å². The molecule has 1 saturated heterocycles. The number of carbonyl (C=O) groups is 2. The molecule has 7 nitrogen and oxygen atoms in total. The van der Waals surface area contributed by atoms with E-state index < -0.39 is 0 Å². The fourth-order valence-electron chi connectivity index (χ4n) is 2.09. The lowest BCUT2D eigenvalue weighted by molar-refractivity contribution is -0.135. The summed E-state index contributed by atoms with van der Waals surface area (Å²) in [6, 6.07) is 0. The lowest BCUT2D eigenvalue weighted by Gasteiger charge is -2.19. The molecule has 7 heteroatoms. The van der Waals surface area contributed by atoms with Gasteiger partial charge in [0.2, 0.25) is 11.8 Å². The first-order valence-electron chi connectivity index (χ1n) is 5.84. The number of hydrogen-bond donors (Lipinski definition) is 1. The maximum absolute atomic E-state index is 12.1. The summed E-state index contributed by atoms with van der Waals surface area (Å²) in [5, 5.41) is 6.72. The van der Waals surface area contributed by atoms with E-state index in [2.05, 4.69) is 15.2 Å². The molecule has 1 unspecified atom stereocenters. The molecule has 0 aliphatic carbocycles. The number of H-pyrrole nitrogens is 1. The molecular formula is C11H17N5O2. The van der Waals surface area contributed by atoms with Crippen LogP contribution in [0.25, 0.3) is 0 Å². The van der Waals surface area contributed by atoms with Crippen LogP contribution in [0.3, 0.4) is 0 Å². The number of aryl methyl sites for hydroxylation is 1. The minimum absolute atomic E-state index is 0.0236. The standard InChI is InChI=1S/C11H17N5O2/c1-7-12-9(14-13-7)6-16(3)11(18)8-4-10(17)15(2)5-8/h8H,4-6H2,1-3H3,(H,12,13,14). The van der Waals surface area contributed by atoms with Crippen LogP contribution in [0.4, 0.5) is 0 Å². The number of aromatic amines is 1. The molecule has 98 valence electrons. The summed E-state index contributed by atoms with van der Waals surface area (Å²) in [5.41, 5.74) is 0. The number of rotatable bonds is 3. The molecule has 1 N–H and O–H groups in total. The molecule has 1 aliphatic heterocycles. The first-order valence-corrected chi connectivity index (χ1v) is 5.84. The highest BCUT2D eigenvalue weighted by molar-refractivity contribution is 5.88. The van der Waals surface area contributed by atoms with Crippen molar-refractivity contribution in [3.63, 3.8) is 0 Å². The topological polar surface area (TPSA) is 82.2 Å². The van der Waals surface area contributed by atoms with Gasteiger partial charge in [0.05, 0.1) is 12.5 Å². The number of likely N-dealkylation sites (tertiary alicyclic amines) is 1. The van der Waals surface area contributed by atoms with Gasteiger partial charge >= 0.3 is 0 Å². The molecule has 1 aliphatic rings. The smallest absolute Gasteiger partial charge is 0.228 e. The van der Waals surface area contributed by atoms with E-state index in [9.17, 15) is 9.59 Å². The van der Waals surface area contributed by atoms with E-state index in [1.165, 1.54) is 0 Å². The molecule has 0 spiro atoms. The number of amides is 2. The van der Waals surface area contributed by atoms with Gasteiger partial charge in [-0.05, 0) is 6.92 Å². The fraction of sp³-hybridized carbons (Fsp3) is 0.636. The summed E-state index contributed by atoms with van der Waals surface area (Å²) in [4.78, 5) is 30.8. The van der Waals surface area contributed by atoms with Crippen LogP contribution in [0.15, 0.2) is 0 Å². The zero-order valence-corrected chi connectivity index (χ0v) is 10.8. The summed E-state index contributed by atoms with van der Waals surface area (Å²) in [6.07, 6.45) is 0.298. The monoisotopic (exact) mass is 251 g/mol. The molecule has 2 heterocycles. The SMILES string of the molecule is Cc1nc(CN(C)C(=O)C2CC(=O)N(C)C2)n[nH]1. The highest BCUT2D eigenvalue weighted by Gasteiger charge is 2.33. The molecule has 18 heavy (non-hydrogen) atoms. The van der Waals surface area contributed by atoms with E-state index in [0.29, 0.717) is 25.3 Å². The van der Waals surface area contributed by atoms with Crippen LogP contribution in [-0.2, 0) is 16.1 Å². The third-order valence-corrected chi connectivity index (χ3v) is 3.09. The van der Waals surface area contributed by atoms with Gasteiger partial charge in [0, 0.05) is 27.1 Å². The highest BCUT2D eigenvalue weighted by atomic mass is 16.2. The lowest BCUT2D eigenvalue weighted by Crippen LogP contribution is -2.34. The Kier molecular flexibility index (Phi) is 3.31. The third kappa shape index (κ3) is 2.49. The van der Waals surface area contributed by atoms with Gasteiger partial charge in [-0.25, -0.2) is 4.98 Å². The first kappa shape index (κ1) is 12.5. The molecule has 2 rings (SSSR count). The van der Waals surface area contributed by atoms with Crippen LogP contribution in [0, 0.1) is 12.8 Å². The Morgan fingerprint density at radius 1 is 1.61 bits per heavy atom. The van der Waals surface area contributed by atoms with Gasteiger partial charge in [0.1, 0.15) is 5.82 Å². The average molecular weight is 251 g/mol. The number of carbonyl (C=O) groups excluding carboxylic acids is 2. The molecule has 1 atom stereocenters. The highest BCUT2D eigenvalue weighted by Crippen LogP contribution is 2.18. The number of aromatic nitrogens is 3. The van der Waals surface area contributed by atoms with Gasteiger partial charge < -0.3 is 9.80 Å². The van der Waals surface area contributed by atoms with Crippen molar-refractivity contribution in [1.29, 1.82) is 0 Å². The van der Waals surface area contributed by atoms with Crippen LogP contribution >= 0.6 is 0 Å². The Morgan fingerprint density at radius 2 is 2.33 bits per heavy atom. The number of hydrogen-bond acceptors (Lipinski definition) is 4. The van der Waals surface area contributed by atoms with E-state index in [4.69, 9.17) is 0 Å². The fourth-order valence-corrected chi connectivity index (χ4v) is 2.09. The molecule has 1 fully saturated rings. The quantitative estimate of drug-likeness (QED) is 0.788. The maximum Gasteiger partial charge on any atom is 0.228 e. The minimum atomic E-state index is -0.243. The summed E-state index contributed by atoms with van der Waals surface area (Å²) in [6.45, 7) is 2.66. The Balaban J connectivity index is 1.95. The van der Waals surface area contributed by atoms with E-state index in [0.717, 1.165) is 5.82 Å². The molecule has 2 amide bonds. The molecule has 0 saturated carbocycles. The first-order chi connectivity index (χ1) is 8.47. The number of nitrogens with one attached hydrogen (secondary N) is 1. The van der Waals surface area contributed by atoms with E-state index in [-0.39, 0.29) is 17.7 Å². The van der Waals surface area contributed by atoms with E-state index in [1.54, 1.807) is 23.9 Å². The largest absolute Gasteiger partial charge is 0.345 e. The van der Waals surface area contributed by atoms with Crippen molar-refractivity contribution in [3.05, 3.63) is 11.6 Å². The van der Waals surface area contributed by atoms with Crippen molar-refractivity contribution in [2.45, 2.75) is 19.9 Å². The second-order valence-electron chi connectivity index (χ2n) is 4.71. The van der Waals surface area contributed by atoms with Crippen molar-refractivity contribution < 1.29 is 9.59 Å². The molecular weight excluding hydrogens is 234 g/mol. The number of nitrogens with zero attached hydrogens (tertiary/aromatic N) is 4. The van der Waals surface area contributed by atoms with Gasteiger partial charge in [-0.3, -0.25) is 14.7 Å². The third-order valence-electron chi connectivity index (χ3n) is 3.09. The molecule has 1 aromatic rings. The molecule has 0 radical (unpaired) electrons. The Morgan fingerprint density at radius 3 is 2.83 bits per heavy atom. The Bertz CT molecular complexity index is 470. The van der Waals surface area contributed by atoms with Crippen LogP contribution in [0.5, 0.6) is 0 Å². The van der Waals surface area contributed by atoms with Crippen LogP contribution in [-0.4, -0.2) is 57.4 Å². The van der Waals surface area contributed by atoms with Gasteiger partial charge in [-0.15, -0.1) is 0 Å².